The van der Waals surface area contributed by atoms with Gasteiger partial charge in [-0.25, -0.2) is 4.98 Å². The van der Waals surface area contributed by atoms with Gasteiger partial charge in [0.15, 0.2) is 0 Å². The van der Waals surface area contributed by atoms with Crippen molar-refractivity contribution in [1.82, 2.24) is 9.97 Å². The summed E-state index contributed by atoms with van der Waals surface area (Å²) in [4.78, 5) is 8.41. The number of nitrogen functional groups attached to an aromatic ring is 1. The molecule has 2 aromatic rings. The van der Waals surface area contributed by atoms with E-state index in [0.29, 0.717) is 16.4 Å². The molecule has 0 bridgehead atoms. The summed E-state index contributed by atoms with van der Waals surface area (Å²) in [5.41, 5.74) is 10.3. The lowest BCUT2D eigenvalue weighted by Crippen LogP contribution is -2.03. The van der Waals surface area contributed by atoms with Crippen LogP contribution in [0.15, 0.2) is 22.8 Å². The van der Waals surface area contributed by atoms with Crippen LogP contribution in [0.25, 0.3) is 0 Å². The summed E-state index contributed by atoms with van der Waals surface area (Å²) in [5, 5.41) is 3.22. The van der Waals surface area contributed by atoms with Gasteiger partial charge in [0, 0.05) is 11.8 Å². The number of rotatable bonds is 2. The quantitative estimate of drug-likeness (QED) is 0.834. The van der Waals surface area contributed by atoms with Crippen LogP contribution in [0.3, 0.4) is 0 Å². The molecule has 0 aliphatic heterocycles. The van der Waals surface area contributed by atoms with E-state index >= 15 is 0 Å². The highest BCUT2D eigenvalue weighted by Gasteiger charge is 2.07. The lowest BCUT2D eigenvalue weighted by Gasteiger charge is -2.13. The maximum atomic E-state index is 5.69. The van der Waals surface area contributed by atoms with Gasteiger partial charge in [0.1, 0.15) is 10.4 Å². The second-order valence-corrected chi connectivity index (χ2v) is 5.15. The van der Waals surface area contributed by atoms with E-state index in [-0.39, 0.29) is 0 Å². The third-order valence-corrected chi connectivity index (χ3v) is 3.03. The van der Waals surface area contributed by atoms with E-state index in [0.717, 1.165) is 16.8 Å². The molecular formula is C13H15BrN4. The van der Waals surface area contributed by atoms with Gasteiger partial charge in [-0.1, -0.05) is 17.7 Å². The number of halogens is 1. The number of nitrogens with one attached hydrogen (secondary N) is 1. The van der Waals surface area contributed by atoms with E-state index in [4.69, 9.17) is 5.73 Å². The van der Waals surface area contributed by atoms with Gasteiger partial charge < -0.3 is 11.1 Å². The van der Waals surface area contributed by atoms with Crippen LogP contribution in [0.1, 0.15) is 16.7 Å². The molecule has 2 rings (SSSR count). The molecule has 1 aromatic heterocycles. The molecule has 0 amide bonds. The maximum Gasteiger partial charge on any atom is 0.230 e. The number of benzene rings is 1. The minimum atomic E-state index is 0.432. The van der Waals surface area contributed by atoms with E-state index in [1.165, 1.54) is 5.56 Å². The predicted molar refractivity (Wildman–Crippen MR) is 78.1 cm³/mol. The molecule has 0 saturated heterocycles. The highest BCUT2D eigenvalue weighted by Crippen LogP contribution is 2.25. The van der Waals surface area contributed by atoms with Crippen LogP contribution in [-0.2, 0) is 0 Å². The smallest absolute Gasteiger partial charge is 0.230 e. The normalized spacial score (nSPS) is 10.4. The summed E-state index contributed by atoms with van der Waals surface area (Å²) < 4.78 is 0.667. The van der Waals surface area contributed by atoms with Crippen LogP contribution in [0.5, 0.6) is 0 Å². The van der Waals surface area contributed by atoms with Crippen molar-refractivity contribution < 1.29 is 0 Å². The number of aromatic nitrogens is 2. The van der Waals surface area contributed by atoms with Crippen LogP contribution < -0.4 is 11.1 Å². The largest absolute Gasteiger partial charge is 0.383 e. The molecule has 0 atom stereocenters. The van der Waals surface area contributed by atoms with E-state index in [9.17, 15) is 0 Å². The zero-order valence-corrected chi connectivity index (χ0v) is 12.2. The van der Waals surface area contributed by atoms with Gasteiger partial charge in [-0.3, -0.25) is 0 Å². The third kappa shape index (κ3) is 2.79. The minimum Gasteiger partial charge on any atom is -0.383 e. The fraction of sp³-hybridized carbons (Fsp3) is 0.231. The van der Waals surface area contributed by atoms with Gasteiger partial charge in [0.2, 0.25) is 5.95 Å². The number of anilines is 3. The molecule has 4 nitrogen and oxygen atoms in total. The first-order chi connectivity index (χ1) is 8.45. The van der Waals surface area contributed by atoms with E-state index < -0.39 is 0 Å². The number of aryl methyl sites for hydroxylation is 3. The molecule has 0 saturated carbocycles. The van der Waals surface area contributed by atoms with Gasteiger partial charge >= 0.3 is 0 Å². The van der Waals surface area contributed by atoms with Crippen LogP contribution in [0.4, 0.5) is 17.5 Å². The Balaban J connectivity index is 2.40. The molecule has 0 aliphatic rings. The summed E-state index contributed by atoms with van der Waals surface area (Å²) in [5.74, 6) is 0.929. The minimum absolute atomic E-state index is 0.432. The Morgan fingerprint density at radius 1 is 1.06 bits per heavy atom. The fourth-order valence-electron chi connectivity index (χ4n) is 1.98. The Bertz CT molecular complexity index is 552. The van der Waals surface area contributed by atoms with Gasteiger partial charge in [-0.05, 0) is 47.8 Å². The highest BCUT2D eigenvalue weighted by molar-refractivity contribution is 9.10. The lowest BCUT2D eigenvalue weighted by molar-refractivity contribution is 1.14. The Labute approximate surface area is 115 Å². The number of nitrogens with zero attached hydrogens (tertiary/aromatic N) is 2. The molecule has 5 heteroatoms. The molecule has 3 N–H and O–H groups in total. The van der Waals surface area contributed by atoms with Crippen molar-refractivity contribution in [3.8, 4) is 0 Å². The number of nitrogens with two attached hydrogens (primary N) is 1. The maximum absolute atomic E-state index is 5.69. The first-order valence-electron chi connectivity index (χ1n) is 5.60. The van der Waals surface area contributed by atoms with Crippen LogP contribution in [0, 0.1) is 20.8 Å². The average Bonchev–Trinajstić information content (AvgIpc) is 2.22. The topological polar surface area (TPSA) is 63.8 Å². The van der Waals surface area contributed by atoms with Crippen molar-refractivity contribution in [2.45, 2.75) is 20.8 Å². The molecule has 1 aromatic carbocycles. The van der Waals surface area contributed by atoms with Gasteiger partial charge in [0.25, 0.3) is 0 Å². The molecule has 0 unspecified atom stereocenters. The van der Waals surface area contributed by atoms with Crippen molar-refractivity contribution in [3.63, 3.8) is 0 Å². The molecule has 0 spiro atoms. The number of hydrogen-bond donors (Lipinski definition) is 2. The third-order valence-electron chi connectivity index (χ3n) is 2.63. The Morgan fingerprint density at radius 2 is 1.67 bits per heavy atom. The molecular weight excluding hydrogens is 292 g/mol. The Morgan fingerprint density at radius 3 is 2.22 bits per heavy atom. The standard InChI is InChI=1S/C13H15BrN4/c1-7-4-8(2)12(9(3)5-7)18-13-16-10(14)6-11(15)17-13/h4-6H,1-3H3,(H3,15,16,17,18). The van der Waals surface area contributed by atoms with Gasteiger partial charge in [-0.15, -0.1) is 0 Å². The van der Waals surface area contributed by atoms with Crippen LogP contribution in [-0.4, -0.2) is 9.97 Å². The second-order valence-electron chi connectivity index (χ2n) is 4.34. The molecule has 0 fully saturated rings. The first kappa shape index (κ1) is 12.8. The van der Waals surface area contributed by atoms with Crippen molar-refractivity contribution >= 4 is 33.4 Å². The summed E-state index contributed by atoms with van der Waals surface area (Å²) >= 11 is 3.30. The molecule has 1 heterocycles. The predicted octanol–water partition coefficient (Wildman–Crippen LogP) is 3.49. The van der Waals surface area contributed by atoms with Gasteiger partial charge in [0.05, 0.1) is 0 Å². The van der Waals surface area contributed by atoms with Crippen molar-refractivity contribution in [2.75, 3.05) is 11.1 Å². The lowest BCUT2D eigenvalue weighted by atomic mass is 10.1. The molecule has 94 valence electrons. The molecule has 0 radical (unpaired) electrons. The Hall–Kier alpha value is -1.62. The highest BCUT2D eigenvalue weighted by atomic mass is 79.9. The first-order valence-corrected chi connectivity index (χ1v) is 6.40. The fourth-order valence-corrected chi connectivity index (χ4v) is 2.38. The van der Waals surface area contributed by atoms with E-state index in [1.807, 2.05) is 0 Å². The Kier molecular flexibility index (Phi) is 3.52. The van der Waals surface area contributed by atoms with Crippen molar-refractivity contribution in [2.24, 2.45) is 0 Å². The summed E-state index contributed by atoms with van der Waals surface area (Å²) in [6, 6.07) is 5.91. The summed E-state index contributed by atoms with van der Waals surface area (Å²) in [6.45, 7) is 6.20. The van der Waals surface area contributed by atoms with Crippen LogP contribution in [0.2, 0.25) is 0 Å². The second kappa shape index (κ2) is 4.94. The zero-order valence-electron chi connectivity index (χ0n) is 10.6. The zero-order chi connectivity index (χ0) is 13.3. The van der Waals surface area contributed by atoms with E-state index in [2.05, 4.69) is 64.1 Å². The monoisotopic (exact) mass is 306 g/mol. The van der Waals surface area contributed by atoms with Gasteiger partial charge in [-0.2, -0.15) is 4.98 Å². The summed E-state index contributed by atoms with van der Waals surface area (Å²) in [7, 11) is 0. The van der Waals surface area contributed by atoms with E-state index in [1.54, 1.807) is 6.07 Å². The average molecular weight is 307 g/mol. The van der Waals surface area contributed by atoms with Crippen molar-refractivity contribution in [1.29, 1.82) is 0 Å². The SMILES string of the molecule is Cc1cc(C)c(Nc2nc(N)cc(Br)n2)c(C)c1. The summed E-state index contributed by atoms with van der Waals surface area (Å²) in [6.07, 6.45) is 0. The van der Waals surface area contributed by atoms with Crippen molar-refractivity contribution in [3.05, 3.63) is 39.5 Å². The molecule has 0 aliphatic carbocycles. The number of hydrogen-bond acceptors (Lipinski definition) is 4. The molecule has 18 heavy (non-hydrogen) atoms. The van der Waals surface area contributed by atoms with Crippen LogP contribution >= 0.6 is 15.9 Å².